The Morgan fingerprint density at radius 3 is 2.71 bits per heavy atom. The van der Waals surface area contributed by atoms with E-state index >= 15 is 0 Å². The van der Waals surface area contributed by atoms with E-state index in [9.17, 15) is 9.90 Å². The Morgan fingerprint density at radius 1 is 1.52 bits per heavy atom. The maximum Gasteiger partial charge on any atom is 0.410 e. The van der Waals surface area contributed by atoms with Gasteiger partial charge in [-0.2, -0.15) is 0 Å². The zero-order chi connectivity index (χ0) is 15.8. The minimum Gasteiger partial charge on any atom is -0.444 e. The highest BCUT2D eigenvalue weighted by Crippen LogP contribution is 2.32. The third-order valence-electron chi connectivity index (χ3n) is 3.44. The second kappa shape index (κ2) is 5.23. The second-order valence-corrected chi connectivity index (χ2v) is 6.39. The Morgan fingerprint density at radius 2 is 2.19 bits per heavy atom. The van der Waals surface area contributed by atoms with Crippen LogP contribution in [-0.2, 0) is 11.8 Å². The fourth-order valence-electron chi connectivity index (χ4n) is 2.29. The van der Waals surface area contributed by atoms with Crippen LogP contribution in [0.2, 0.25) is 0 Å². The summed E-state index contributed by atoms with van der Waals surface area (Å²) in [6, 6.07) is -0.773. The van der Waals surface area contributed by atoms with Gasteiger partial charge < -0.3 is 20.5 Å². The molecule has 2 rings (SSSR count). The SMILES string of the molecule is Cn1nnnc1C(N)C1(O)CCN(C(=O)OC(C)(C)C)C1. The van der Waals surface area contributed by atoms with Gasteiger partial charge in [0.05, 0.1) is 12.6 Å². The Labute approximate surface area is 123 Å². The van der Waals surface area contributed by atoms with Crippen LogP contribution in [-0.4, -0.2) is 60.6 Å². The van der Waals surface area contributed by atoms with Gasteiger partial charge >= 0.3 is 6.09 Å². The van der Waals surface area contributed by atoms with Gasteiger partial charge in [0.2, 0.25) is 0 Å². The number of β-amino-alcohol motifs (C(OH)–C–C–N with tert-alkyl or cyclic N) is 1. The molecule has 1 aliphatic rings. The molecule has 3 N–H and O–H groups in total. The molecule has 2 unspecified atom stereocenters. The molecule has 1 aliphatic heterocycles. The first-order valence-corrected chi connectivity index (χ1v) is 6.80. The first kappa shape index (κ1) is 15.6. The number of carbonyl (C=O) groups is 1. The molecule has 0 saturated carbocycles. The average Bonchev–Trinajstić information content (AvgIpc) is 2.93. The lowest BCUT2D eigenvalue weighted by Crippen LogP contribution is -2.46. The number of aryl methyl sites for hydroxylation is 1. The van der Waals surface area contributed by atoms with Gasteiger partial charge in [-0.15, -0.1) is 5.10 Å². The number of nitrogens with two attached hydrogens (primary N) is 1. The molecule has 2 atom stereocenters. The van der Waals surface area contributed by atoms with Crippen molar-refractivity contribution in [2.45, 2.75) is 44.4 Å². The van der Waals surface area contributed by atoms with Gasteiger partial charge in [-0.05, 0) is 37.6 Å². The highest BCUT2D eigenvalue weighted by molar-refractivity contribution is 5.68. The lowest BCUT2D eigenvalue weighted by molar-refractivity contribution is 0.00313. The minimum absolute atomic E-state index is 0.0932. The summed E-state index contributed by atoms with van der Waals surface area (Å²) in [5.74, 6) is 0.378. The number of nitrogens with zero attached hydrogens (tertiary/aromatic N) is 5. The van der Waals surface area contributed by atoms with Gasteiger partial charge in [-0.25, -0.2) is 9.48 Å². The quantitative estimate of drug-likeness (QED) is 0.761. The molecule has 1 aromatic heterocycles. The predicted octanol–water partition coefficient (Wildman–Crippen LogP) is -0.418. The molecule has 21 heavy (non-hydrogen) atoms. The number of carbonyl (C=O) groups excluding carboxylic acids is 1. The summed E-state index contributed by atoms with van der Waals surface area (Å²) in [7, 11) is 1.65. The third-order valence-corrected chi connectivity index (χ3v) is 3.44. The van der Waals surface area contributed by atoms with Gasteiger partial charge in [-0.3, -0.25) is 0 Å². The van der Waals surface area contributed by atoms with E-state index in [-0.39, 0.29) is 6.54 Å². The molecule has 118 valence electrons. The monoisotopic (exact) mass is 298 g/mol. The molecule has 1 amide bonds. The zero-order valence-electron chi connectivity index (χ0n) is 12.8. The van der Waals surface area contributed by atoms with E-state index in [4.69, 9.17) is 10.5 Å². The summed E-state index contributed by atoms with van der Waals surface area (Å²) in [5.41, 5.74) is 4.24. The van der Waals surface area contributed by atoms with E-state index in [2.05, 4.69) is 15.5 Å². The van der Waals surface area contributed by atoms with Crippen molar-refractivity contribution in [3.05, 3.63) is 5.82 Å². The second-order valence-electron chi connectivity index (χ2n) is 6.39. The van der Waals surface area contributed by atoms with Crippen molar-refractivity contribution < 1.29 is 14.6 Å². The first-order chi connectivity index (χ1) is 9.62. The minimum atomic E-state index is -1.26. The molecule has 0 aliphatic carbocycles. The zero-order valence-corrected chi connectivity index (χ0v) is 12.8. The summed E-state index contributed by atoms with van der Waals surface area (Å²) in [4.78, 5) is 13.5. The van der Waals surface area contributed by atoms with Crippen molar-refractivity contribution in [2.75, 3.05) is 13.1 Å². The van der Waals surface area contributed by atoms with Crippen LogP contribution in [0.1, 0.15) is 39.1 Å². The molecule has 1 fully saturated rings. The topological polar surface area (TPSA) is 119 Å². The van der Waals surface area contributed by atoms with E-state index in [1.54, 1.807) is 27.8 Å². The summed E-state index contributed by atoms with van der Waals surface area (Å²) < 4.78 is 6.71. The lowest BCUT2D eigenvalue weighted by atomic mass is 9.93. The van der Waals surface area contributed by atoms with Crippen molar-refractivity contribution >= 4 is 6.09 Å². The van der Waals surface area contributed by atoms with Crippen molar-refractivity contribution in [3.63, 3.8) is 0 Å². The predicted molar refractivity (Wildman–Crippen MR) is 73.1 cm³/mol. The smallest absolute Gasteiger partial charge is 0.410 e. The van der Waals surface area contributed by atoms with Crippen LogP contribution in [0.5, 0.6) is 0 Å². The van der Waals surface area contributed by atoms with Gasteiger partial charge in [0.15, 0.2) is 5.82 Å². The van der Waals surface area contributed by atoms with Crippen molar-refractivity contribution in [3.8, 4) is 0 Å². The molecular weight excluding hydrogens is 276 g/mol. The van der Waals surface area contributed by atoms with Crippen molar-refractivity contribution in [2.24, 2.45) is 12.8 Å². The molecule has 9 nitrogen and oxygen atoms in total. The van der Waals surface area contributed by atoms with E-state index in [0.717, 1.165) is 0 Å². The number of hydrogen-bond donors (Lipinski definition) is 2. The van der Waals surface area contributed by atoms with E-state index < -0.39 is 23.3 Å². The first-order valence-electron chi connectivity index (χ1n) is 6.80. The number of ether oxygens (including phenoxy) is 1. The van der Waals surface area contributed by atoms with Crippen LogP contribution in [0.3, 0.4) is 0 Å². The third kappa shape index (κ3) is 3.30. The summed E-state index contributed by atoms with van der Waals surface area (Å²) in [6.45, 7) is 5.86. The fourth-order valence-corrected chi connectivity index (χ4v) is 2.29. The molecule has 9 heteroatoms. The van der Waals surface area contributed by atoms with Crippen LogP contribution < -0.4 is 5.73 Å². The Kier molecular flexibility index (Phi) is 3.89. The van der Waals surface area contributed by atoms with Crippen LogP contribution in [0.4, 0.5) is 4.79 Å². The molecule has 0 bridgehead atoms. The Balaban J connectivity index is 2.07. The number of aliphatic hydroxyl groups is 1. The highest BCUT2D eigenvalue weighted by atomic mass is 16.6. The van der Waals surface area contributed by atoms with Gasteiger partial charge in [-0.1, -0.05) is 0 Å². The normalized spacial score (nSPS) is 24.2. The van der Waals surface area contributed by atoms with Crippen molar-refractivity contribution in [1.29, 1.82) is 0 Å². The Bertz CT molecular complexity index is 525. The Hall–Kier alpha value is -1.74. The molecule has 0 spiro atoms. The summed E-state index contributed by atoms with van der Waals surface area (Å²) >= 11 is 0. The summed E-state index contributed by atoms with van der Waals surface area (Å²) in [5, 5.41) is 21.7. The number of hydrogen-bond acceptors (Lipinski definition) is 7. The summed E-state index contributed by atoms with van der Waals surface area (Å²) in [6.07, 6.45) is -0.109. The molecular formula is C12H22N6O3. The molecule has 0 aromatic carbocycles. The van der Waals surface area contributed by atoms with Crippen LogP contribution in [0, 0.1) is 0 Å². The van der Waals surface area contributed by atoms with Gasteiger partial charge in [0.1, 0.15) is 11.2 Å². The van der Waals surface area contributed by atoms with E-state index in [1.165, 1.54) is 9.58 Å². The maximum absolute atomic E-state index is 12.0. The number of amides is 1. The van der Waals surface area contributed by atoms with Crippen LogP contribution in [0.25, 0.3) is 0 Å². The van der Waals surface area contributed by atoms with Crippen molar-refractivity contribution in [1.82, 2.24) is 25.1 Å². The van der Waals surface area contributed by atoms with Gasteiger partial charge in [0, 0.05) is 13.6 Å². The highest BCUT2D eigenvalue weighted by Gasteiger charge is 2.46. The number of tetrazole rings is 1. The molecule has 1 saturated heterocycles. The molecule has 0 radical (unpaired) electrons. The average molecular weight is 298 g/mol. The standard InChI is InChI=1S/C12H22N6O3/c1-11(2,3)21-10(19)18-6-5-12(20,7-18)8(13)9-14-15-16-17(9)4/h8,20H,5-7,13H2,1-4H3. The van der Waals surface area contributed by atoms with Gasteiger partial charge in [0.25, 0.3) is 0 Å². The molecule has 2 heterocycles. The molecule has 1 aromatic rings. The van der Waals surface area contributed by atoms with E-state index in [1.807, 2.05) is 0 Å². The van der Waals surface area contributed by atoms with Crippen LogP contribution in [0.15, 0.2) is 0 Å². The number of rotatable bonds is 2. The lowest BCUT2D eigenvalue weighted by Gasteiger charge is -2.29. The number of likely N-dealkylation sites (tertiary alicyclic amines) is 1. The fraction of sp³-hybridized carbons (Fsp3) is 0.833. The van der Waals surface area contributed by atoms with Crippen LogP contribution >= 0.6 is 0 Å². The van der Waals surface area contributed by atoms with E-state index in [0.29, 0.717) is 18.8 Å². The number of aromatic nitrogens is 4. The largest absolute Gasteiger partial charge is 0.444 e. The maximum atomic E-state index is 12.0.